The number of piperazine rings is 1. The first-order valence-corrected chi connectivity index (χ1v) is 19.6. The number of H-pyrrole nitrogens is 1. The molecule has 3 N–H and O–H groups in total. The summed E-state index contributed by atoms with van der Waals surface area (Å²) in [4.78, 5) is 26.9. The molecule has 0 saturated carbocycles. The Morgan fingerprint density at radius 1 is 1.02 bits per heavy atom. The lowest BCUT2D eigenvalue weighted by Crippen LogP contribution is -2.47. The third-order valence-electron chi connectivity index (χ3n) is 10.8. The highest BCUT2D eigenvalue weighted by Gasteiger charge is 2.23. The quantitative estimate of drug-likeness (QED) is 0.0825. The van der Waals surface area contributed by atoms with E-state index in [0.29, 0.717) is 42.6 Å². The van der Waals surface area contributed by atoms with Crippen LogP contribution in [0.2, 0.25) is 0 Å². The summed E-state index contributed by atoms with van der Waals surface area (Å²) in [6, 6.07) is 17.3. The first-order valence-electron chi connectivity index (χ1n) is 19.6. The molecule has 1 aliphatic rings. The zero-order valence-electron chi connectivity index (χ0n) is 33.8. The fourth-order valence-electron chi connectivity index (χ4n) is 7.41. The number of aryl methyl sites for hydroxylation is 2. The number of aromatic amines is 1. The largest absolute Gasteiger partial charge is 0.378 e. The molecule has 5 heterocycles. The number of hydrogen-bond donors (Lipinski definition) is 3. The molecular formula is C43H53N11O3. The van der Waals surface area contributed by atoms with Gasteiger partial charge in [0.15, 0.2) is 5.65 Å². The number of aliphatic hydroxyl groups excluding tert-OH is 1. The van der Waals surface area contributed by atoms with E-state index in [9.17, 15) is 9.90 Å². The van der Waals surface area contributed by atoms with Gasteiger partial charge >= 0.3 is 0 Å². The van der Waals surface area contributed by atoms with E-state index < -0.39 is 0 Å². The van der Waals surface area contributed by atoms with Crippen molar-refractivity contribution in [2.45, 2.75) is 66.5 Å². The van der Waals surface area contributed by atoms with Crippen LogP contribution in [-0.2, 0) is 23.3 Å². The molecule has 298 valence electrons. The number of aliphatic hydroxyl groups is 1. The highest BCUT2D eigenvalue weighted by Crippen LogP contribution is 2.32. The van der Waals surface area contributed by atoms with Gasteiger partial charge in [0.1, 0.15) is 13.0 Å². The van der Waals surface area contributed by atoms with Crippen molar-refractivity contribution in [2.75, 3.05) is 55.8 Å². The van der Waals surface area contributed by atoms with Crippen molar-refractivity contribution in [3.05, 3.63) is 95.5 Å². The van der Waals surface area contributed by atoms with Crippen molar-refractivity contribution in [1.29, 1.82) is 0 Å². The first kappa shape index (κ1) is 39.4. The number of nitrogens with one attached hydrogen (secondary N) is 2. The molecule has 14 nitrogen and oxygen atoms in total. The molecular weight excluding hydrogens is 719 g/mol. The Labute approximate surface area is 333 Å². The molecule has 2 aromatic carbocycles. The number of rotatable bonds is 15. The van der Waals surface area contributed by atoms with Crippen molar-refractivity contribution in [3.63, 3.8) is 0 Å². The predicted octanol–water partition coefficient (Wildman–Crippen LogP) is 6.02. The summed E-state index contributed by atoms with van der Waals surface area (Å²) in [5.41, 5.74) is 11.4. The molecule has 7 rings (SSSR count). The van der Waals surface area contributed by atoms with Crippen LogP contribution in [0.25, 0.3) is 39.1 Å². The number of carbonyl (C=O) groups excluding carboxylic acids is 1. The summed E-state index contributed by atoms with van der Waals surface area (Å²) >= 11 is 0. The minimum Gasteiger partial charge on any atom is -0.378 e. The van der Waals surface area contributed by atoms with Crippen molar-refractivity contribution in [2.24, 2.45) is 0 Å². The van der Waals surface area contributed by atoms with Gasteiger partial charge in [-0.15, -0.1) is 0 Å². The Balaban J connectivity index is 0.953. The average Bonchev–Trinajstić information content (AvgIpc) is 3.95. The maximum absolute atomic E-state index is 10.9. The maximum Gasteiger partial charge on any atom is 0.232 e. The van der Waals surface area contributed by atoms with Crippen LogP contribution in [0.3, 0.4) is 0 Å². The van der Waals surface area contributed by atoms with Gasteiger partial charge in [0, 0.05) is 86.0 Å². The Hall–Kier alpha value is -5.86. The Kier molecular flexibility index (Phi) is 11.5. The summed E-state index contributed by atoms with van der Waals surface area (Å²) in [7, 11) is 0. The van der Waals surface area contributed by atoms with Crippen LogP contribution in [0.4, 0.5) is 11.4 Å². The van der Waals surface area contributed by atoms with Crippen LogP contribution in [0, 0.1) is 20.8 Å². The van der Waals surface area contributed by atoms with Gasteiger partial charge < -0.3 is 29.5 Å². The summed E-state index contributed by atoms with van der Waals surface area (Å²) in [6.45, 7) is 22.7. The number of hydrogen-bond acceptors (Lipinski definition) is 12. The zero-order chi connectivity index (χ0) is 40.3. The molecule has 0 amide bonds. The molecule has 57 heavy (non-hydrogen) atoms. The smallest absolute Gasteiger partial charge is 0.232 e. The van der Waals surface area contributed by atoms with Gasteiger partial charge in [0.2, 0.25) is 11.7 Å². The van der Waals surface area contributed by atoms with Gasteiger partial charge in [0.05, 0.1) is 35.0 Å². The molecule has 0 radical (unpaired) electrons. The number of nitrogens with zero attached hydrogens (tertiary/aromatic N) is 9. The van der Waals surface area contributed by atoms with Crippen LogP contribution in [-0.4, -0.2) is 97.4 Å². The molecule has 6 aromatic rings. The van der Waals surface area contributed by atoms with Gasteiger partial charge in [-0.3, -0.25) is 14.7 Å². The maximum atomic E-state index is 10.9. The molecule has 1 aliphatic heterocycles. The van der Waals surface area contributed by atoms with Crippen molar-refractivity contribution in [1.82, 2.24) is 45.3 Å². The van der Waals surface area contributed by atoms with Gasteiger partial charge in [-0.2, -0.15) is 15.2 Å². The summed E-state index contributed by atoms with van der Waals surface area (Å²) in [6.07, 6.45) is 3.14. The van der Waals surface area contributed by atoms with E-state index in [2.05, 4.69) is 97.5 Å². The lowest BCUT2D eigenvalue weighted by molar-refractivity contribution is -0.107. The van der Waals surface area contributed by atoms with E-state index in [0.717, 1.165) is 102 Å². The number of aldehydes is 1. The van der Waals surface area contributed by atoms with E-state index in [1.807, 2.05) is 50.4 Å². The monoisotopic (exact) mass is 771 g/mol. The number of anilines is 2. The van der Waals surface area contributed by atoms with Crippen molar-refractivity contribution < 1.29 is 14.4 Å². The molecule has 0 bridgehead atoms. The van der Waals surface area contributed by atoms with Crippen LogP contribution in [0.5, 0.6) is 0 Å². The number of benzene rings is 2. The third-order valence-corrected chi connectivity index (χ3v) is 10.8. The minimum absolute atomic E-state index is 0.141. The van der Waals surface area contributed by atoms with Crippen LogP contribution in [0.1, 0.15) is 61.4 Å². The van der Waals surface area contributed by atoms with Crippen LogP contribution >= 0.6 is 0 Å². The zero-order valence-corrected chi connectivity index (χ0v) is 33.8. The van der Waals surface area contributed by atoms with E-state index in [1.165, 1.54) is 5.69 Å². The number of pyridine rings is 1. The second-order valence-corrected chi connectivity index (χ2v) is 15.8. The lowest BCUT2D eigenvalue weighted by atomic mass is 9.97. The van der Waals surface area contributed by atoms with Crippen LogP contribution < -0.4 is 15.1 Å². The summed E-state index contributed by atoms with van der Waals surface area (Å²) in [5.74, 6) is 1.05. The van der Waals surface area contributed by atoms with E-state index in [1.54, 1.807) is 0 Å². The fraction of sp³-hybridized carbons (Fsp3) is 0.395. The average molecular weight is 772 g/mol. The highest BCUT2D eigenvalue weighted by atomic mass is 16.5. The van der Waals surface area contributed by atoms with Crippen LogP contribution in [0.15, 0.2) is 65.8 Å². The van der Waals surface area contributed by atoms with Crippen molar-refractivity contribution >= 4 is 34.4 Å². The first-order chi connectivity index (χ1) is 27.4. The standard InChI is InChI=1S/C43H53N11O3/c1-28-23-33(9-10-34(28)25-44-30(3)40-46-42(57-50-40)43(5,6)7)38-37-24-35(26-45-41(37)48-47-38)32-11-13-36(14-12-32)52-19-16-51(17-20-52)18-21-54-31(4)39(29(2)49-54)53(27-56)15-8-22-55/h9-14,22-24,26,44,56H,3,8,15-21,25,27H2,1-2,4-7H3,(H,45,47,48). The molecule has 0 unspecified atom stereocenters. The SMILES string of the molecule is C=C(NCc1ccc(-c2[nH]nc3ncc(-c4ccc(N5CCN(CCn6nc(C)c(N(CO)CCC=O)c6C)CC5)cc4)cc23)cc1C)c1noc(C(C)(C)C)n1. The van der Waals surface area contributed by atoms with Gasteiger partial charge in [-0.05, 0) is 61.7 Å². The number of aromatic nitrogens is 7. The topological polar surface area (TPSA) is 157 Å². The summed E-state index contributed by atoms with van der Waals surface area (Å²) < 4.78 is 7.45. The molecule has 1 fully saturated rings. The minimum atomic E-state index is -0.227. The van der Waals surface area contributed by atoms with E-state index in [4.69, 9.17) is 14.6 Å². The fourth-order valence-corrected chi connectivity index (χ4v) is 7.41. The Morgan fingerprint density at radius 3 is 2.46 bits per heavy atom. The predicted molar refractivity (Wildman–Crippen MR) is 224 cm³/mol. The summed E-state index contributed by atoms with van der Waals surface area (Å²) in [5, 5.41) is 30.8. The Bertz CT molecular complexity index is 2340. The van der Waals surface area contributed by atoms with Gasteiger partial charge in [-0.25, -0.2) is 4.98 Å². The Morgan fingerprint density at radius 2 is 1.77 bits per heavy atom. The van der Waals surface area contributed by atoms with Crippen molar-refractivity contribution in [3.8, 4) is 22.4 Å². The van der Waals surface area contributed by atoms with Gasteiger partial charge in [0.25, 0.3) is 0 Å². The van der Waals surface area contributed by atoms with E-state index >= 15 is 0 Å². The second-order valence-electron chi connectivity index (χ2n) is 15.8. The lowest BCUT2D eigenvalue weighted by Gasteiger charge is -2.36. The molecule has 0 spiro atoms. The van der Waals surface area contributed by atoms with E-state index in [-0.39, 0.29) is 12.1 Å². The van der Waals surface area contributed by atoms with Gasteiger partial charge in [-0.1, -0.05) is 56.8 Å². The molecule has 1 saturated heterocycles. The highest BCUT2D eigenvalue weighted by molar-refractivity contribution is 5.93. The normalized spacial score (nSPS) is 13.7. The number of carbonyl (C=O) groups is 1. The third kappa shape index (κ3) is 8.61. The molecule has 14 heteroatoms. The second kappa shape index (κ2) is 16.7. The number of fused-ring (bicyclic) bond motifs is 1. The molecule has 0 aliphatic carbocycles. The molecule has 4 aromatic heterocycles. The molecule has 0 atom stereocenters.